The average Bonchev–Trinajstić information content (AvgIpc) is 3.40. The first-order chi connectivity index (χ1) is 19.2. The predicted molar refractivity (Wildman–Crippen MR) is 150 cm³/mol. The Morgan fingerprint density at radius 3 is 2.20 bits per heavy atom. The molecule has 40 heavy (non-hydrogen) atoms. The third-order valence-corrected chi connectivity index (χ3v) is 8.93. The molecule has 3 aliphatic rings. The van der Waals surface area contributed by atoms with Gasteiger partial charge in [-0.15, -0.1) is 0 Å². The van der Waals surface area contributed by atoms with Gasteiger partial charge in [0.25, 0.3) is 0 Å². The van der Waals surface area contributed by atoms with Crippen LogP contribution in [-0.2, 0) is 38.6 Å². The molecule has 0 radical (unpaired) electrons. The van der Waals surface area contributed by atoms with Crippen LogP contribution >= 0.6 is 0 Å². The zero-order valence-electron chi connectivity index (χ0n) is 24.8. The Bertz CT molecular complexity index is 836. The van der Waals surface area contributed by atoms with Gasteiger partial charge in [-0.2, -0.15) is 12.7 Å². The maximum atomic E-state index is 12.4. The summed E-state index contributed by atoms with van der Waals surface area (Å²) in [5.41, 5.74) is 0. The van der Waals surface area contributed by atoms with Crippen LogP contribution in [0.4, 0.5) is 4.79 Å². The van der Waals surface area contributed by atoms with Gasteiger partial charge < -0.3 is 28.4 Å². The van der Waals surface area contributed by atoms with Crippen LogP contribution in [0.5, 0.6) is 0 Å². The summed E-state index contributed by atoms with van der Waals surface area (Å²) in [7, 11) is -3.93. The normalized spacial score (nSPS) is 26.6. The van der Waals surface area contributed by atoms with Gasteiger partial charge in [0, 0.05) is 26.3 Å². The number of rotatable bonds is 19. The lowest BCUT2D eigenvalue weighted by molar-refractivity contribution is -0.236. The zero-order chi connectivity index (χ0) is 28.8. The first-order valence-electron chi connectivity index (χ1n) is 15.4. The molecular formula is C28H52N2O9S. The molecule has 0 aromatic carbocycles. The van der Waals surface area contributed by atoms with Gasteiger partial charge in [0.15, 0.2) is 12.1 Å². The lowest BCUT2D eigenvalue weighted by atomic mass is 10.1. The summed E-state index contributed by atoms with van der Waals surface area (Å²) < 4.78 is 62.9. The number of ether oxygens (including phenoxy) is 6. The molecule has 3 rings (SSSR count). The lowest BCUT2D eigenvalue weighted by Crippen LogP contribution is -2.46. The highest BCUT2D eigenvalue weighted by molar-refractivity contribution is 7.87. The van der Waals surface area contributed by atoms with E-state index < -0.39 is 46.7 Å². The molecule has 4 atom stereocenters. The van der Waals surface area contributed by atoms with E-state index in [0.29, 0.717) is 26.3 Å². The number of carbonyl (C=O) groups is 1. The fraction of sp³-hybridized carbons (Fsp3) is 0.964. The molecule has 234 valence electrons. The van der Waals surface area contributed by atoms with E-state index in [1.165, 1.54) is 55.7 Å². The van der Waals surface area contributed by atoms with Crippen LogP contribution in [0.25, 0.3) is 0 Å². The number of fused-ring (bicyclic) bond motifs is 1. The van der Waals surface area contributed by atoms with Crippen molar-refractivity contribution >= 4 is 16.3 Å². The fourth-order valence-electron chi connectivity index (χ4n) is 5.35. The lowest BCUT2D eigenvalue weighted by Gasteiger charge is -2.26. The van der Waals surface area contributed by atoms with Crippen LogP contribution in [0.2, 0.25) is 0 Å². The number of nitrogens with zero attached hydrogens (tertiary/aromatic N) is 1. The summed E-state index contributed by atoms with van der Waals surface area (Å²) in [5, 5.41) is 0. The van der Waals surface area contributed by atoms with Gasteiger partial charge in [0.1, 0.15) is 24.9 Å². The minimum atomic E-state index is -3.93. The highest BCUT2D eigenvalue weighted by Gasteiger charge is 2.56. The SMILES string of the molecule is CCCCCCCCCCCOCCCOC1O[C@H](COC(=O)NS(=O)(=O)N2CCCCC2)[C@@H]2OC(C)(C)O[C@H]12. The van der Waals surface area contributed by atoms with Crippen molar-refractivity contribution in [2.75, 3.05) is 39.5 Å². The Kier molecular flexibility index (Phi) is 14.4. The van der Waals surface area contributed by atoms with Crippen molar-refractivity contribution in [2.24, 2.45) is 0 Å². The molecule has 12 heteroatoms. The summed E-state index contributed by atoms with van der Waals surface area (Å²) in [6, 6.07) is 0. The molecule has 3 fully saturated rings. The Morgan fingerprint density at radius 2 is 1.50 bits per heavy atom. The van der Waals surface area contributed by atoms with E-state index in [4.69, 9.17) is 28.4 Å². The smallest absolute Gasteiger partial charge is 0.422 e. The predicted octanol–water partition coefficient (Wildman–Crippen LogP) is 4.64. The maximum Gasteiger partial charge on any atom is 0.422 e. The van der Waals surface area contributed by atoms with Crippen LogP contribution in [0, 0.1) is 0 Å². The van der Waals surface area contributed by atoms with Crippen LogP contribution in [-0.4, -0.2) is 88.7 Å². The van der Waals surface area contributed by atoms with Crippen molar-refractivity contribution in [3.8, 4) is 0 Å². The second-order valence-corrected chi connectivity index (χ2v) is 13.1. The first kappa shape index (κ1) is 33.5. The number of nitrogens with one attached hydrogen (secondary N) is 1. The van der Waals surface area contributed by atoms with Gasteiger partial charge >= 0.3 is 16.3 Å². The molecule has 0 aliphatic carbocycles. The minimum Gasteiger partial charge on any atom is -0.446 e. The van der Waals surface area contributed by atoms with Crippen LogP contribution < -0.4 is 4.72 Å². The second-order valence-electron chi connectivity index (χ2n) is 11.4. The molecule has 0 aromatic heterocycles. The third-order valence-electron chi connectivity index (χ3n) is 7.46. The number of hydrogen-bond acceptors (Lipinski definition) is 9. The van der Waals surface area contributed by atoms with Gasteiger partial charge in [-0.3, -0.25) is 0 Å². The van der Waals surface area contributed by atoms with Crippen LogP contribution in [0.1, 0.15) is 104 Å². The Labute approximate surface area is 241 Å². The molecular weight excluding hydrogens is 540 g/mol. The Balaban J connectivity index is 1.29. The summed E-state index contributed by atoms with van der Waals surface area (Å²) in [5.74, 6) is -0.836. The van der Waals surface area contributed by atoms with Crippen molar-refractivity contribution < 1.29 is 41.6 Å². The summed E-state index contributed by atoms with van der Waals surface area (Å²) >= 11 is 0. The van der Waals surface area contributed by atoms with E-state index in [0.717, 1.165) is 38.7 Å². The van der Waals surface area contributed by atoms with Gasteiger partial charge in [-0.25, -0.2) is 9.52 Å². The number of unbranched alkanes of at least 4 members (excludes halogenated alkanes) is 8. The molecule has 3 aliphatic heterocycles. The van der Waals surface area contributed by atoms with Crippen molar-refractivity contribution in [1.29, 1.82) is 0 Å². The Morgan fingerprint density at radius 1 is 0.875 bits per heavy atom. The second kappa shape index (κ2) is 17.2. The molecule has 1 unspecified atom stereocenters. The number of carbonyl (C=O) groups excluding carboxylic acids is 1. The molecule has 1 N–H and O–H groups in total. The molecule has 0 aromatic rings. The molecule has 3 heterocycles. The van der Waals surface area contributed by atoms with Gasteiger partial charge in [0.05, 0.1) is 6.61 Å². The molecule has 0 bridgehead atoms. The van der Waals surface area contributed by atoms with Crippen molar-refractivity contribution in [3.63, 3.8) is 0 Å². The van der Waals surface area contributed by atoms with Crippen LogP contribution in [0.3, 0.4) is 0 Å². The molecule has 0 saturated carbocycles. The van der Waals surface area contributed by atoms with E-state index in [-0.39, 0.29) is 6.61 Å². The van der Waals surface area contributed by atoms with Gasteiger partial charge in [-0.05, 0) is 39.5 Å². The van der Waals surface area contributed by atoms with Crippen molar-refractivity contribution in [2.45, 2.75) is 135 Å². The highest BCUT2D eigenvalue weighted by atomic mass is 32.2. The topological polar surface area (TPSA) is 122 Å². The number of hydrogen-bond donors (Lipinski definition) is 1. The maximum absolute atomic E-state index is 12.4. The van der Waals surface area contributed by atoms with E-state index in [1.807, 2.05) is 4.72 Å². The zero-order valence-corrected chi connectivity index (χ0v) is 25.6. The molecule has 3 saturated heterocycles. The van der Waals surface area contributed by atoms with Crippen LogP contribution in [0.15, 0.2) is 0 Å². The van der Waals surface area contributed by atoms with Crippen molar-refractivity contribution in [3.05, 3.63) is 0 Å². The first-order valence-corrected chi connectivity index (χ1v) is 16.8. The van der Waals surface area contributed by atoms with E-state index in [9.17, 15) is 13.2 Å². The minimum absolute atomic E-state index is 0.191. The van der Waals surface area contributed by atoms with E-state index in [2.05, 4.69) is 6.92 Å². The van der Waals surface area contributed by atoms with Crippen molar-refractivity contribution in [1.82, 2.24) is 9.03 Å². The number of amides is 1. The molecule has 11 nitrogen and oxygen atoms in total. The molecule has 1 amide bonds. The Hall–Kier alpha value is -1.02. The van der Waals surface area contributed by atoms with E-state index >= 15 is 0 Å². The fourth-order valence-corrected chi connectivity index (χ4v) is 6.49. The largest absolute Gasteiger partial charge is 0.446 e. The highest BCUT2D eigenvalue weighted by Crippen LogP contribution is 2.39. The monoisotopic (exact) mass is 592 g/mol. The summed E-state index contributed by atoms with van der Waals surface area (Å²) in [6.45, 7) is 8.25. The van der Waals surface area contributed by atoms with Gasteiger partial charge in [-0.1, -0.05) is 64.7 Å². The summed E-state index contributed by atoms with van der Waals surface area (Å²) in [6.07, 6.45) is 11.5. The quantitative estimate of drug-likeness (QED) is 0.214. The number of piperidine rings is 1. The van der Waals surface area contributed by atoms with E-state index in [1.54, 1.807) is 13.8 Å². The standard InChI is InChI=1S/C28H52N2O9S/c1-4-5-6-7-8-9-10-11-15-19-34-20-16-21-35-26-25-24(38-28(2,3)39-25)23(37-26)22-36-27(31)29-40(32,33)30-17-13-12-14-18-30/h23-26H,4-22H2,1-3H3,(H,29,31)/t23-,24+,25+,26?/m1/s1. The third kappa shape index (κ3) is 11.3. The average molecular weight is 593 g/mol. The summed E-state index contributed by atoms with van der Waals surface area (Å²) in [4.78, 5) is 12.3. The molecule has 0 spiro atoms. The van der Waals surface area contributed by atoms with Gasteiger partial charge in [0.2, 0.25) is 0 Å².